The normalized spacial score (nSPS) is 11.1. The van der Waals surface area contributed by atoms with Crippen molar-refractivity contribution in [2.75, 3.05) is 13.1 Å². The quantitative estimate of drug-likeness (QED) is 0.0800. The number of halogens is 1. The molecule has 0 aromatic heterocycles. The summed E-state index contributed by atoms with van der Waals surface area (Å²) in [5, 5.41) is 2.58. The molecule has 0 saturated heterocycles. The molecule has 1 nitrogen and oxygen atoms in total. The second-order valence-electron chi connectivity index (χ2n) is 10.4. The van der Waals surface area contributed by atoms with E-state index in [1.807, 2.05) is 0 Å². The summed E-state index contributed by atoms with van der Waals surface area (Å²) in [7, 11) is 0. The maximum Gasteiger partial charge on any atom is 0.0755 e. The summed E-state index contributed by atoms with van der Waals surface area (Å²) in [5.74, 6) is 0. The molecule has 0 aliphatic heterocycles. The first-order valence-corrected chi connectivity index (χ1v) is 15.2. The molecule has 2 N–H and O–H groups in total. The molecular formula is C30H64IN. The van der Waals surface area contributed by atoms with Crippen LogP contribution in [0.25, 0.3) is 0 Å². The second kappa shape index (κ2) is 33.9. The predicted molar refractivity (Wildman–Crippen MR) is 143 cm³/mol. The average Bonchev–Trinajstić information content (AvgIpc) is 2.78. The van der Waals surface area contributed by atoms with Gasteiger partial charge in [0.05, 0.1) is 13.1 Å². The molecule has 0 saturated carbocycles. The van der Waals surface area contributed by atoms with E-state index in [1.165, 1.54) is 180 Å². The van der Waals surface area contributed by atoms with Crippen molar-refractivity contribution in [3.05, 3.63) is 0 Å². The Labute approximate surface area is 222 Å². The minimum atomic E-state index is 0. The van der Waals surface area contributed by atoms with Gasteiger partial charge in [0, 0.05) is 0 Å². The lowest BCUT2D eigenvalue weighted by Crippen LogP contribution is -3.00. The lowest BCUT2D eigenvalue weighted by atomic mass is 10.0. The Hall–Kier alpha value is 0.690. The van der Waals surface area contributed by atoms with Crippen LogP contribution in [0.15, 0.2) is 0 Å². The van der Waals surface area contributed by atoms with Crippen molar-refractivity contribution in [3.63, 3.8) is 0 Å². The molecular weight excluding hydrogens is 501 g/mol. The van der Waals surface area contributed by atoms with Gasteiger partial charge in [-0.05, 0) is 25.7 Å². The molecule has 0 atom stereocenters. The van der Waals surface area contributed by atoms with E-state index in [1.54, 1.807) is 0 Å². The van der Waals surface area contributed by atoms with Crippen LogP contribution in [0.2, 0.25) is 0 Å². The molecule has 0 fully saturated rings. The average molecular weight is 566 g/mol. The van der Waals surface area contributed by atoms with E-state index < -0.39 is 0 Å². The zero-order chi connectivity index (χ0) is 22.5. The molecule has 0 radical (unpaired) electrons. The van der Waals surface area contributed by atoms with E-state index in [2.05, 4.69) is 19.2 Å². The topological polar surface area (TPSA) is 16.6 Å². The van der Waals surface area contributed by atoms with Gasteiger partial charge in [-0.2, -0.15) is 0 Å². The Morgan fingerprint density at radius 2 is 0.469 bits per heavy atom. The summed E-state index contributed by atoms with van der Waals surface area (Å²) < 4.78 is 0. The largest absolute Gasteiger partial charge is 1.00 e. The van der Waals surface area contributed by atoms with Crippen LogP contribution in [0.3, 0.4) is 0 Å². The van der Waals surface area contributed by atoms with Crippen molar-refractivity contribution in [3.8, 4) is 0 Å². The molecule has 32 heavy (non-hydrogen) atoms. The zero-order valence-electron chi connectivity index (χ0n) is 22.8. The van der Waals surface area contributed by atoms with Crippen LogP contribution in [0.5, 0.6) is 0 Å². The minimum Gasteiger partial charge on any atom is -1.00 e. The number of unbranched alkanes of at least 4 members (excludes halogenated alkanes) is 24. The zero-order valence-corrected chi connectivity index (χ0v) is 24.9. The van der Waals surface area contributed by atoms with Gasteiger partial charge in [0.25, 0.3) is 0 Å². The standard InChI is InChI=1S/C30H63N.HI/c1-3-5-7-9-11-13-15-16-17-18-19-20-22-24-26-28-30-31-29-27-25-23-21-14-12-10-8-6-4-2;/h31H,3-30H2,1-2H3;1H. The van der Waals surface area contributed by atoms with Crippen LogP contribution >= 0.6 is 0 Å². The Kier molecular flexibility index (Phi) is 36.9. The highest BCUT2D eigenvalue weighted by Crippen LogP contribution is 2.13. The van der Waals surface area contributed by atoms with Crippen LogP contribution in [-0.2, 0) is 0 Å². The molecule has 0 heterocycles. The first-order chi connectivity index (χ1) is 15.4. The molecule has 196 valence electrons. The molecule has 0 aromatic carbocycles. The number of nitrogens with two attached hydrogens (primary N) is 1. The molecule has 0 aromatic rings. The fourth-order valence-corrected chi connectivity index (χ4v) is 4.76. The van der Waals surface area contributed by atoms with Crippen molar-refractivity contribution < 1.29 is 29.3 Å². The van der Waals surface area contributed by atoms with Crippen LogP contribution in [-0.4, -0.2) is 13.1 Å². The number of hydrogen-bond acceptors (Lipinski definition) is 0. The smallest absolute Gasteiger partial charge is 0.0755 e. The molecule has 0 rings (SSSR count). The molecule has 0 aliphatic carbocycles. The highest BCUT2D eigenvalue weighted by molar-refractivity contribution is 4.50. The minimum absolute atomic E-state index is 0. The third-order valence-electron chi connectivity index (χ3n) is 7.02. The van der Waals surface area contributed by atoms with E-state index in [4.69, 9.17) is 0 Å². The summed E-state index contributed by atoms with van der Waals surface area (Å²) >= 11 is 0. The summed E-state index contributed by atoms with van der Waals surface area (Å²) in [6.45, 7) is 7.35. The lowest BCUT2D eigenvalue weighted by Gasteiger charge is -2.04. The van der Waals surface area contributed by atoms with Crippen LogP contribution in [0, 0.1) is 0 Å². The lowest BCUT2D eigenvalue weighted by molar-refractivity contribution is -0.655. The van der Waals surface area contributed by atoms with Gasteiger partial charge in [0.15, 0.2) is 0 Å². The highest BCUT2D eigenvalue weighted by Gasteiger charge is 1.97. The van der Waals surface area contributed by atoms with Gasteiger partial charge < -0.3 is 29.3 Å². The van der Waals surface area contributed by atoms with Gasteiger partial charge in [0.1, 0.15) is 0 Å². The van der Waals surface area contributed by atoms with Gasteiger partial charge in [-0.1, -0.05) is 155 Å². The van der Waals surface area contributed by atoms with Crippen molar-refractivity contribution in [2.24, 2.45) is 0 Å². The maximum atomic E-state index is 2.58. The van der Waals surface area contributed by atoms with Gasteiger partial charge in [0.2, 0.25) is 0 Å². The van der Waals surface area contributed by atoms with E-state index in [0.29, 0.717) is 0 Å². The first-order valence-electron chi connectivity index (χ1n) is 15.2. The molecule has 0 aliphatic rings. The number of hydrogen-bond donors (Lipinski definition) is 1. The van der Waals surface area contributed by atoms with Gasteiger partial charge in [-0.3, -0.25) is 0 Å². The second-order valence-corrected chi connectivity index (χ2v) is 10.4. The van der Waals surface area contributed by atoms with Crippen LogP contribution < -0.4 is 29.3 Å². The molecule has 0 spiro atoms. The van der Waals surface area contributed by atoms with Gasteiger partial charge in [-0.25, -0.2) is 0 Å². The molecule has 0 unspecified atom stereocenters. The van der Waals surface area contributed by atoms with Crippen molar-refractivity contribution >= 4 is 0 Å². The highest BCUT2D eigenvalue weighted by atomic mass is 127. The van der Waals surface area contributed by atoms with Gasteiger partial charge >= 0.3 is 0 Å². The molecule has 0 bridgehead atoms. The number of rotatable bonds is 28. The SMILES string of the molecule is CCCCCCCCCCCCCCCCCC[NH2+]CCCCCCCCCCCC.[I-]. The monoisotopic (exact) mass is 565 g/mol. The fraction of sp³-hybridized carbons (Fsp3) is 1.00. The van der Waals surface area contributed by atoms with Gasteiger partial charge in [-0.15, -0.1) is 0 Å². The van der Waals surface area contributed by atoms with E-state index in [-0.39, 0.29) is 24.0 Å². The fourth-order valence-electron chi connectivity index (χ4n) is 4.76. The predicted octanol–water partition coefficient (Wildman–Crippen LogP) is 6.74. The van der Waals surface area contributed by atoms with Crippen molar-refractivity contribution in [2.45, 2.75) is 181 Å². The third-order valence-corrected chi connectivity index (χ3v) is 7.02. The summed E-state index contributed by atoms with van der Waals surface area (Å²) in [5.41, 5.74) is 0. The molecule has 2 heteroatoms. The Balaban J connectivity index is 0. The summed E-state index contributed by atoms with van der Waals surface area (Å²) in [4.78, 5) is 0. The van der Waals surface area contributed by atoms with E-state index in [0.717, 1.165) is 0 Å². The first kappa shape index (κ1) is 34.9. The summed E-state index contributed by atoms with van der Waals surface area (Å²) in [6, 6.07) is 0. The maximum absolute atomic E-state index is 2.58. The van der Waals surface area contributed by atoms with E-state index >= 15 is 0 Å². The Bertz CT molecular complexity index is 267. The van der Waals surface area contributed by atoms with Crippen LogP contribution in [0.1, 0.15) is 181 Å². The van der Waals surface area contributed by atoms with Crippen molar-refractivity contribution in [1.29, 1.82) is 0 Å². The third kappa shape index (κ3) is 32.9. The van der Waals surface area contributed by atoms with E-state index in [9.17, 15) is 0 Å². The summed E-state index contributed by atoms with van der Waals surface area (Å²) in [6.07, 6.45) is 38.1. The number of quaternary nitrogens is 1. The Morgan fingerprint density at radius 3 is 0.688 bits per heavy atom. The van der Waals surface area contributed by atoms with Crippen molar-refractivity contribution in [1.82, 2.24) is 0 Å². The Morgan fingerprint density at radius 1 is 0.281 bits per heavy atom. The van der Waals surface area contributed by atoms with Crippen LogP contribution in [0.4, 0.5) is 0 Å². The molecule has 0 amide bonds.